The summed E-state index contributed by atoms with van der Waals surface area (Å²) in [5.41, 5.74) is 1.09. The maximum Gasteiger partial charge on any atom is 0.573 e. The van der Waals surface area contributed by atoms with E-state index in [-0.39, 0.29) is 24.9 Å². The van der Waals surface area contributed by atoms with Gasteiger partial charge in [0.25, 0.3) is 0 Å². The Balaban J connectivity index is 1.38. The first-order valence-corrected chi connectivity index (χ1v) is 11.9. The summed E-state index contributed by atoms with van der Waals surface area (Å²) < 4.78 is 55.5. The van der Waals surface area contributed by atoms with Crippen LogP contribution in [0.1, 0.15) is 0 Å². The third-order valence-corrected chi connectivity index (χ3v) is 5.76. The molecule has 0 spiro atoms. The average molecular weight is 558 g/mol. The molecule has 0 bridgehead atoms. The molecule has 200 valence electrons. The van der Waals surface area contributed by atoms with Crippen LogP contribution in [0, 0.1) is 0 Å². The van der Waals surface area contributed by atoms with Crippen molar-refractivity contribution in [2.45, 2.75) is 19.0 Å². The predicted molar refractivity (Wildman–Crippen MR) is 135 cm³/mol. The van der Waals surface area contributed by atoms with Gasteiger partial charge in [-0.15, -0.1) is 18.3 Å². The third kappa shape index (κ3) is 6.47. The molecule has 2 aromatic carbocycles. The molecule has 0 fully saturated rings. The van der Waals surface area contributed by atoms with Gasteiger partial charge in [-0.3, -0.25) is 0 Å². The first kappa shape index (κ1) is 26.0. The van der Waals surface area contributed by atoms with Crippen molar-refractivity contribution in [2.24, 2.45) is 0 Å². The van der Waals surface area contributed by atoms with Gasteiger partial charge in [0.05, 0.1) is 11.6 Å². The zero-order valence-electron chi connectivity index (χ0n) is 20.0. The molecule has 0 aliphatic rings. The Hall–Kier alpha value is -4.58. The maximum atomic E-state index is 13.2. The van der Waals surface area contributed by atoms with Gasteiger partial charge in [0.1, 0.15) is 18.1 Å². The van der Waals surface area contributed by atoms with Gasteiger partial charge in [0.15, 0.2) is 11.8 Å². The van der Waals surface area contributed by atoms with Gasteiger partial charge in [0, 0.05) is 18.6 Å². The van der Waals surface area contributed by atoms with Crippen molar-refractivity contribution >= 4 is 17.2 Å². The summed E-state index contributed by atoms with van der Waals surface area (Å²) in [6.07, 6.45) is -0.901. The van der Waals surface area contributed by atoms with Crippen molar-refractivity contribution in [3.05, 3.63) is 101 Å². The number of rotatable bonds is 9. The summed E-state index contributed by atoms with van der Waals surface area (Å²) in [4.78, 5) is 21.3. The van der Waals surface area contributed by atoms with Crippen LogP contribution in [0.2, 0.25) is 5.02 Å². The highest BCUT2D eigenvalue weighted by molar-refractivity contribution is 6.32. The van der Waals surface area contributed by atoms with Gasteiger partial charge in [-0.2, -0.15) is 0 Å². The monoisotopic (exact) mass is 557 g/mol. The molecule has 0 amide bonds. The molecule has 0 aliphatic heterocycles. The molecule has 3 heterocycles. The lowest BCUT2D eigenvalue weighted by atomic mass is 10.1. The molecule has 0 saturated heterocycles. The summed E-state index contributed by atoms with van der Waals surface area (Å²) in [6, 6.07) is 17.4. The Morgan fingerprint density at radius 2 is 1.64 bits per heavy atom. The van der Waals surface area contributed by atoms with Gasteiger partial charge < -0.3 is 14.2 Å². The van der Waals surface area contributed by atoms with E-state index < -0.39 is 18.2 Å². The first-order valence-electron chi connectivity index (χ1n) is 11.5. The molecule has 0 N–H and O–H groups in total. The molecule has 3 aromatic heterocycles. The topological polar surface area (TPSA) is 92.8 Å². The SMILES string of the molecule is O=c1n(CC(COc2ccccc2Cl)Oc2ncccn2)nc2ccc(-c3ccc(OC(F)(F)F)cc3)cn12. The van der Waals surface area contributed by atoms with E-state index >= 15 is 0 Å². The number of alkyl halides is 3. The van der Waals surface area contributed by atoms with E-state index in [0.717, 1.165) is 0 Å². The van der Waals surface area contributed by atoms with Crippen molar-refractivity contribution in [1.29, 1.82) is 0 Å². The molecule has 1 unspecified atom stereocenters. The van der Waals surface area contributed by atoms with Crippen molar-refractivity contribution in [1.82, 2.24) is 24.1 Å². The number of para-hydroxylation sites is 1. The van der Waals surface area contributed by atoms with Crippen molar-refractivity contribution in [3.63, 3.8) is 0 Å². The Bertz CT molecular complexity index is 1630. The van der Waals surface area contributed by atoms with E-state index in [1.54, 1.807) is 48.7 Å². The quantitative estimate of drug-likeness (QED) is 0.251. The normalized spacial score (nSPS) is 12.3. The van der Waals surface area contributed by atoms with Gasteiger partial charge in [-0.1, -0.05) is 35.9 Å². The molecule has 9 nitrogen and oxygen atoms in total. The van der Waals surface area contributed by atoms with Crippen LogP contribution in [-0.4, -0.2) is 43.2 Å². The van der Waals surface area contributed by atoms with Gasteiger partial charge in [0.2, 0.25) is 0 Å². The average Bonchev–Trinajstić information content (AvgIpc) is 3.22. The molecule has 5 rings (SSSR count). The van der Waals surface area contributed by atoms with Gasteiger partial charge in [-0.25, -0.2) is 23.8 Å². The zero-order chi connectivity index (χ0) is 27.4. The van der Waals surface area contributed by atoms with Crippen LogP contribution in [0.3, 0.4) is 0 Å². The lowest BCUT2D eigenvalue weighted by Gasteiger charge is -2.18. The molecule has 0 aliphatic carbocycles. The highest BCUT2D eigenvalue weighted by Crippen LogP contribution is 2.27. The van der Waals surface area contributed by atoms with Crippen molar-refractivity contribution < 1.29 is 27.4 Å². The smallest absolute Gasteiger partial charge is 0.488 e. The molecule has 5 aromatic rings. The zero-order valence-corrected chi connectivity index (χ0v) is 20.7. The Morgan fingerprint density at radius 1 is 0.923 bits per heavy atom. The minimum atomic E-state index is -4.78. The summed E-state index contributed by atoms with van der Waals surface area (Å²) in [6.45, 7) is 0.0158. The van der Waals surface area contributed by atoms with E-state index in [1.165, 1.54) is 45.7 Å². The second-order valence-corrected chi connectivity index (χ2v) is 8.60. The second kappa shape index (κ2) is 11.0. The highest BCUT2D eigenvalue weighted by Gasteiger charge is 2.31. The summed E-state index contributed by atoms with van der Waals surface area (Å²) in [7, 11) is 0. The number of pyridine rings is 1. The van der Waals surface area contributed by atoms with Crippen LogP contribution in [0.15, 0.2) is 90.1 Å². The van der Waals surface area contributed by atoms with Crippen LogP contribution in [0.4, 0.5) is 13.2 Å². The number of nitrogens with zero attached hydrogens (tertiary/aromatic N) is 5. The van der Waals surface area contributed by atoms with Crippen LogP contribution in [0.5, 0.6) is 17.5 Å². The summed E-state index contributed by atoms with van der Waals surface area (Å²) >= 11 is 6.19. The fraction of sp³-hybridized carbons (Fsp3) is 0.154. The predicted octanol–water partition coefficient (Wildman–Crippen LogP) is 5.03. The summed E-state index contributed by atoms with van der Waals surface area (Å²) in [5, 5.41) is 4.79. The summed E-state index contributed by atoms with van der Waals surface area (Å²) in [5.74, 6) is 0.102. The van der Waals surface area contributed by atoms with Crippen LogP contribution >= 0.6 is 11.6 Å². The minimum Gasteiger partial charge on any atom is -0.488 e. The first-order chi connectivity index (χ1) is 18.7. The number of hydrogen-bond acceptors (Lipinski definition) is 7. The Morgan fingerprint density at radius 3 is 2.36 bits per heavy atom. The maximum absolute atomic E-state index is 13.2. The molecule has 39 heavy (non-hydrogen) atoms. The molecular formula is C26H19ClF3N5O4. The number of halogens is 4. The van der Waals surface area contributed by atoms with Crippen LogP contribution in [-0.2, 0) is 6.54 Å². The number of aromatic nitrogens is 5. The molecule has 0 radical (unpaired) electrons. The molecule has 1 atom stereocenters. The van der Waals surface area contributed by atoms with Crippen molar-refractivity contribution in [2.75, 3.05) is 6.61 Å². The lowest BCUT2D eigenvalue weighted by Crippen LogP contribution is -2.35. The second-order valence-electron chi connectivity index (χ2n) is 8.20. The number of benzene rings is 2. The number of ether oxygens (including phenoxy) is 3. The third-order valence-electron chi connectivity index (χ3n) is 5.45. The van der Waals surface area contributed by atoms with Crippen molar-refractivity contribution in [3.8, 4) is 28.6 Å². The number of fused-ring (bicyclic) bond motifs is 1. The fourth-order valence-electron chi connectivity index (χ4n) is 3.71. The van der Waals surface area contributed by atoms with Gasteiger partial charge >= 0.3 is 18.1 Å². The lowest BCUT2D eigenvalue weighted by molar-refractivity contribution is -0.274. The number of hydrogen-bond donors (Lipinski definition) is 0. The molecule has 13 heteroatoms. The Kier molecular flexibility index (Phi) is 7.37. The van der Waals surface area contributed by atoms with E-state index in [1.807, 2.05) is 0 Å². The van der Waals surface area contributed by atoms with Crippen LogP contribution in [0.25, 0.3) is 16.8 Å². The molecular weight excluding hydrogens is 539 g/mol. The standard InChI is InChI=1S/C26H19ClF3N5O4/c27-21-4-1-2-5-22(21)37-16-20(38-24-31-12-3-13-32-24)15-35-25(36)34-14-18(8-11-23(34)33-35)17-6-9-19(10-7-17)39-26(28,29)30/h1-14,20H,15-16H2. The van der Waals surface area contributed by atoms with Gasteiger partial charge in [-0.05, 0) is 53.6 Å². The fourth-order valence-corrected chi connectivity index (χ4v) is 3.90. The van der Waals surface area contributed by atoms with E-state index in [4.69, 9.17) is 21.1 Å². The largest absolute Gasteiger partial charge is 0.573 e. The highest BCUT2D eigenvalue weighted by atomic mass is 35.5. The van der Waals surface area contributed by atoms with E-state index in [2.05, 4.69) is 19.8 Å². The minimum absolute atomic E-state index is 0.00202. The Labute approximate surface area is 224 Å². The molecule has 0 saturated carbocycles. The van der Waals surface area contributed by atoms with Crippen LogP contribution < -0.4 is 19.9 Å². The van der Waals surface area contributed by atoms with E-state index in [9.17, 15) is 18.0 Å². The van der Waals surface area contributed by atoms with E-state index in [0.29, 0.717) is 27.5 Å².